The summed E-state index contributed by atoms with van der Waals surface area (Å²) in [5, 5.41) is 12.1. The lowest BCUT2D eigenvalue weighted by Crippen LogP contribution is -2.38. The molecule has 1 aromatic carbocycles. The summed E-state index contributed by atoms with van der Waals surface area (Å²) in [4.78, 5) is 12.1. The highest BCUT2D eigenvalue weighted by Gasteiger charge is 2.16. The fraction of sp³-hybridized carbons (Fsp3) is 0.462. The second-order valence-corrected chi connectivity index (χ2v) is 6.71. The molecule has 2 N–H and O–H groups in total. The maximum atomic E-state index is 12.1. The predicted octanol–water partition coefficient (Wildman–Crippen LogP) is 3.19. The van der Waals surface area contributed by atoms with Gasteiger partial charge in [0.1, 0.15) is 0 Å². The van der Waals surface area contributed by atoms with Gasteiger partial charge in [0.2, 0.25) is 0 Å². The standard InChI is InChI=1S/C13H17BrINO2/c1-8(2)5-10(7-17)16-13(18)11-6-9(15)3-4-12(11)14/h3-4,6,8,10,17H,5,7H2,1-2H3,(H,16,18). The molecule has 3 nitrogen and oxygen atoms in total. The Labute approximate surface area is 130 Å². The smallest absolute Gasteiger partial charge is 0.252 e. The van der Waals surface area contributed by atoms with Gasteiger partial charge >= 0.3 is 0 Å². The van der Waals surface area contributed by atoms with E-state index in [1.165, 1.54) is 0 Å². The number of halogens is 2. The molecule has 0 bridgehead atoms. The second kappa shape index (κ2) is 7.45. The first-order valence-electron chi connectivity index (χ1n) is 5.80. The summed E-state index contributed by atoms with van der Waals surface area (Å²) in [6.45, 7) is 4.10. The van der Waals surface area contributed by atoms with Crippen molar-refractivity contribution in [2.45, 2.75) is 26.3 Å². The Morgan fingerprint density at radius 1 is 1.50 bits per heavy atom. The molecule has 18 heavy (non-hydrogen) atoms. The van der Waals surface area contributed by atoms with E-state index in [1.54, 1.807) is 0 Å². The maximum Gasteiger partial charge on any atom is 0.252 e. The molecule has 0 aromatic heterocycles. The number of rotatable bonds is 5. The molecule has 0 fully saturated rings. The van der Waals surface area contributed by atoms with Gasteiger partial charge < -0.3 is 10.4 Å². The van der Waals surface area contributed by atoms with Gasteiger partial charge in [0.25, 0.3) is 5.91 Å². The zero-order chi connectivity index (χ0) is 13.7. The van der Waals surface area contributed by atoms with Crippen molar-refractivity contribution < 1.29 is 9.90 Å². The van der Waals surface area contributed by atoms with Crippen molar-refractivity contribution in [2.24, 2.45) is 5.92 Å². The third-order valence-electron chi connectivity index (χ3n) is 2.48. The van der Waals surface area contributed by atoms with Crippen LogP contribution in [0.2, 0.25) is 0 Å². The number of hydrogen-bond donors (Lipinski definition) is 2. The van der Waals surface area contributed by atoms with Crippen LogP contribution in [0.15, 0.2) is 22.7 Å². The van der Waals surface area contributed by atoms with Crippen LogP contribution in [0.3, 0.4) is 0 Å². The summed E-state index contributed by atoms with van der Waals surface area (Å²) in [5.41, 5.74) is 0.601. The van der Waals surface area contributed by atoms with Crippen LogP contribution in [0.25, 0.3) is 0 Å². The molecule has 5 heteroatoms. The van der Waals surface area contributed by atoms with E-state index in [9.17, 15) is 9.90 Å². The first-order valence-corrected chi connectivity index (χ1v) is 7.68. The highest BCUT2D eigenvalue weighted by Crippen LogP contribution is 2.19. The summed E-state index contributed by atoms with van der Waals surface area (Å²) >= 11 is 5.54. The molecule has 1 aromatic rings. The van der Waals surface area contributed by atoms with Crippen molar-refractivity contribution in [3.8, 4) is 0 Å². The quantitative estimate of drug-likeness (QED) is 0.711. The van der Waals surface area contributed by atoms with Gasteiger partial charge in [0.05, 0.1) is 18.2 Å². The molecule has 0 radical (unpaired) electrons. The Bertz CT molecular complexity index is 423. The highest BCUT2D eigenvalue weighted by atomic mass is 127. The molecule has 1 atom stereocenters. The molecule has 1 unspecified atom stereocenters. The highest BCUT2D eigenvalue weighted by molar-refractivity contribution is 14.1. The van der Waals surface area contributed by atoms with Gasteiger partial charge in [0.15, 0.2) is 0 Å². The second-order valence-electron chi connectivity index (χ2n) is 4.61. The summed E-state index contributed by atoms with van der Waals surface area (Å²) in [5.74, 6) is 0.280. The number of aliphatic hydroxyl groups excluding tert-OH is 1. The molecule has 0 aliphatic heterocycles. The zero-order valence-corrected chi connectivity index (χ0v) is 14.2. The monoisotopic (exact) mass is 425 g/mol. The lowest BCUT2D eigenvalue weighted by Gasteiger charge is -2.18. The number of benzene rings is 1. The molecule has 0 saturated heterocycles. The number of nitrogens with one attached hydrogen (secondary N) is 1. The van der Waals surface area contributed by atoms with E-state index in [0.717, 1.165) is 14.5 Å². The van der Waals surface area contributed by atoms with E-state index < -0.39 is 0 Å². The Kier molecular flexibility index (Phi) is 6.59. The largest absolute Gasteiger partial charge is 0.394 e. The first-order chi connectivity index (χ1) is 8.43. The van der Waals surface area contributed by atoms with Gasteiger partial charge in [-0.2, -0.15) is 0 Å². The van der Waals surface area contributed by atoms with E-state index in [-0.39, 0.29) is 18.6 Å². The lowest BCUT2D eigenvalue weighted by atomic mass is 10.0. The van der Waals surface area contributed by atoms with Gasteiger partial charge in [-0.25, -0.2) is 0 Å². The number of carbonyl (C=O) groups excluding carboxylic acids is 1. The van der Waals surface area contributed by atoms with Crippen molar-refractivity contribution in [3.63, 3.8) is 0 Å². The molecule has 0 saturated carbocycles. The minimum Gasteiger partial charge on any atom is -0.394 e. The van der Waals surface area contributed by atoms with Crippen LogP contribution in [0.5, 0.6) is 0 Å². The van der Waals surface area contributed by atoms with E-state index >= 15 is 0 Å². The van der Waals surface area contributed by atoms with E-state index in [4.69, 9.17) is 0 Å². The Morgan fingerprint density at radius 2 is 2.17 bits per heavy atom. The summed E-state index contributed by atoms with van der Waals surface area (Å²) in [6.07, 6.45) is 0.768. The van der Waals surface area contributed by atoms with E-state index in [0.29, 0.717) is 11.5 Å². The van der Waals surface area contributed by atoms with Gasteiger partial charge in [-0.05, 0) is 69.1 Å². The SMILES string of the molecule is CC(C)CC(CO)NC(=O)c1cc(I)ccc1Br. The summed E-state index contributed by atoms with van der Waals surface area (Å²) in [7, 11) is 0. The van der Waals surface area contributed by atoms with Crippen molar-refractivity contribution in [2.75, 3.05) is 6.61 Å². The average Bonchev–Trinajstić information content (AvgIpc) is 2.30. The topological polar surface area (TPSA) is 49.3 Å². The minimum absolute atomic E-state index is 0.0362. The third kappa shape index (κ3) is 4.85. The number of hydrogen-bond acceptors (Lipinski definition) is 2. The van der Waals surface area contributed by atoms with E-state index in [2.05, 4.69) is 57.7 Å². The van der Waals surface area contributed by atoms with Crippen molar-refractivity contribution in [3.05, 3.63) is 31.8 Å². The first kappa shape index (κ1) is 15.9. The Balaban J connectivity index is 2.77. The normalized spacial score (nSPS) is 12.6. The van der Waals surface area contributed by atoms with E-state index in [1.807, 2.05) is 18.2 Å². The number of carbonyl (C=O) groups is 1. The van der Waals surface area contributed by atoms with Crippen molar-refractivity contribution in [1.29, 1.82) is 0 Å². The van der Waals surface area contributed by atoms with Gasteiger partial charge in [-0.1, -0.05) is 13.8 Å². The molecule has 0 aliphatic carbocycles. The van der Waals surface area contributed by atoms with Crippen LogP contribution < -0.4 is 5.32 Å². The zero-order valence-electron chi connectivity index (χ0n) is 10.4. The lowest BCUT2D eigenvalue weighted by molar-refractivity contribution is 0.0907. The number of aliphatic hydroxyl groups is 1. The van der Waals surface area contributed by atoms with Crippen LogP contribution >= 0.6 is 38.5 Å². The molecule has 0 heterocycles. The fourth-order valence-electron chi connectivity index (χ4n) is 1.68. The Hall–Kier alpha value is -0.140. The van der Waals surface area contributed by atoms with Crippen LogP contribution in [-0.4, -0.2) is 23.7 Å². The maximum absolute atomic E-state index is 12.1. The molecule has 0 aliphatic rings. The van der Waals surface area contributed by atoms with Gasteiger partial charge in [-0.15, -0.1) is 0 Å². The van der Waals surface area contributed by atoms with Gasteiger partial charge in [-0.3, -0.25) is 4.79 Å². The van der Waals surface area contributed by atoms with Crippen LogP contribution in [-0.2, 0) is 0 Å². The van der Waals surface area contributed by atoms with Crippen molar-refractivity contribution in [1.82, 2.24) is 5.32 Å². The summed E-state index contributed by atoms with van der Waals surface area (Å²) in [6, 6.07) is 5.41. The van der Waals surface area contributed by atoms with Crippen LogP contribution in [0.1, 0.15) is 30.6 Å². The van der Waals surface area contributed by atoms with Crippen LogP contribution in [0.4, 0.5) is 0 Å². The average molecular weight is 426 g/mol. The molecule has 100 valence electrons. The molecular formula is C13H17BrINO2. The van der Waals surface area contributed by atoms with Crippen molar-refractivity contribution >= 4 is 44.4 Å². The molecular weight excluding hydrogens is 409 g/mol. The van der Waals surface area contributed by atoms with Gasteiger partial charge in [0, 0.05) is 8.04 Å². The fourth-order valence-corrected chi connectivity index (χ4v) is 2.60. The summed E-state index contributed by atoms with van der Waals surface area (Å²) < 4.78 is 1.77. The third-order valence-corrected chi connectivity index (χ3v) is 3.85. The molecule has 0 spiro atoms. The Morgan fingerprint density at radius 3 is 2.72 bits per heavy atom. The number of amides is 1. The van der Waals surface area contributed by atoms with Crippen LogP contribution in [0, 0.1) is 9.49 Å². The minimum atomic E-state index is -0.192. The molecule has 1 rings (SSSR count). The predicted molar refractivity (Wildman–Crippen MR) is 84.7 cm³/mol. The molecule has 1 amide bonds.